The highest BCUT2D eigenvalue weighted by molar-refractivity contribution is 7.20. The molecule has 22 rings (SSSR count). The fourth-order valence-electron chi connectivity index (χ4n) is 17.4. The fraction of sp³-hybridized carbons (Fsp3) is 0. The first kappa shape index (κ1) is 66.3. The molecule has 0 amide bonds. The Hall–Kier alpha value is -14.9. The molecule has 0 saturated heterocycles. The van der Waals surface area contributed by atoms with Crippen molar-refractivity contribution in [2.45, 2.75) is 0 Å². The zero-order valence-corrected chi connectivity index (χ0v) is 62.5. The smallest absolute Gasteiger partial charge is 0.235 e. The number of rotatable bonds is 13. The minimum absolute atomic E-state index is 0.645. The molecule has 0 bridgehead atoms. The summed E-state index contributed by atoms with van der Waals surface area (Å²) in [6.45, 7) is 0. The van der Waals surface area contributed by atoms with Gasteiger partial charge in [-0.3, -0.25) is 4.57 Å². The summed E-state index contributed by atoms with van der Waals surface area (Å²) in [6.07, 6.45) is 1.90. The van der Waals surface area contributed by atoms with Crippen molar-refractivity contribution in [1.82, 2.24) is 38.2 Å². The molecular weight excluding hydrogens is 1390 g/mol. The van der Waals surface area contributed by atoms with Gasteiger partial charge in [-0.1, -0.05) is 322 Å². The Balaban J connectivity index is 0.000000142. The second-order valence-corrected chi connectivity index (χ2v) is 32.6. The summed E-state index contributed by atoms with van der Waals surface area (Å²) < 4.78 is 9.37. The zero-order valence-electron chi connectivity index (χ0n) is 61.5. The van der Waals surface area contributed by atoms with Crippen LogP contribution in [-0.4, -0.2) is 46.3 Å². The lowest BCUT2D eigenvalue weighted by atomic mass is 10.0. The molecule has 0 N–H and O–H groups in total. The largest absolute Gasteiger partial charge is 0.309 e. The van der Waals surface area contributed by atoms with Crippen LogP contribution in [0.3, 0.4) is 0 Å². The topological polar surface area (TPSA) is 71.3 Å². The van der Waals surface area contributed by atoms with E-state index in [0.29, 0.717) is 11.8 Å². The van der Waals surface area contributed by atoms with E-state index < -0.39 is 8.07 Å². The van der Waals surface area contributed by atoms with E-state index in [1.54, 1.807) is 0 Å². The number of hydrogen-bond acceptors (Lipinski definition) is 4. The molecule has 0 fully saturated rings. The highest BCUT2D eigenvalue weighted by Crippen LogP contribution is 2.41. The van der Waals surface area contributed by atoms with Gasteiger partial charge in [0.05, 0.1) is 61.2 Å². The average molecular weight is 1460 g/mol. The molecule has 16 aromatic carbocycles. The lowest BCUT2D eigenvalue weighted by Gasteiger charge is -2.34. The van der Waals surface area contributed by atoms with Crippen molar-refractivity contribution < 1.29 is 0 Å². The maximum Gasteiger partial charge on any atom is 0.235 e. The van der Waals surface area contributed by atoms with Gasteiger partial charge in [0, 0.05) is 88.6 Å². The quantitative estimate of drug-likeness (QED) is 0.0852. The summed E-state index contributed by atoms with van der Waals surface area (Å²) >= 11 is 0. The molecule has 0 radical (unpaired) electrons. The summed E-state index contributed by atoms with van der Waals surface area (Å²) in [5.41, 5.74) is 21.9. The van der Waals surface area contributed by atoms with Gasteiger partial charge in [-0.15, -0.1) is 0 Å². The first-order valence-corrected chi connectivity index (χ1v) is 40.4. The highest BCUT2D eigenvalue weighted by Gasteiger charge is 2.41. The molecule has 113 heavy (non-hydrogen) atoms. The monoisotopic (exact) mass is 1460 g/mol. The maximum absolute atomic E-state index is 5.34. The second-order valence-electron chi connectivity index (χ2n) is 28.8. The van der Waals surface area contributed by atoms with Gasteiger partial charge in [-0.2, -0.15) is 0 Å². The summed E-state index contributed by atoms with van der Waals surface area (Å²) in [6, 6.07) is 150. The van der Waals surface area contributed by atoms with Crippen LogP contribution in [0.2, 0.25) is 0 Å². The van der Waals surface area contributed by atoms with Crippen molar-refractivity contribution in [2.24, 2.45) is 0 Å². The van der Waals surface area contributed by atoms with Crippen LogP contribution in [0.5, 0.6) is 0 Å². The van der Waals surface area contributed by atoms with Gasteiger partial charge >= 0.3 is 0 Å². The van der Waals surface area contributed by atoms with Crippen molar-refractivity contribution in [2.75, 3.05) is 0 Å². The molecule has 22 aromatic rings. The van der Waals surface area contributed by atoms with Gasteiger partial charge in [0.15, 0.2) is 13.9 Å². The Labute approximate surface area is 654 Å². The Bertz CT molecular complexity index is 7080. The number of hydrogen-bond donors (Lipinski definition) is 0. The van der Waals surface area contributed by atoms with Crippen LogP contribution in [0, 0.1) is 0 Å². The molecule has 0 aliphatic rings. The number of benzene rings is 16. The third-order valence-corrected chi connectivity index (χ3v) is 27.3. The summed E-state index contributed by atoms with van der Waals surface area (Å²) in [5, 5.41) is 15.1. The maximum atomic E-state index is 5.34. The highest BCUT2D eigenvalue weighted by atomic mass is 28.3. The molecular formula is C104H70N8Si. The molecule has 9 heteroatoms. The van der Waals surface area contributed by atoms with Gasteiger partial charge in [0.2, 0.25) is 5.95 Å². The summed E-state index contributed by atoms with van der Waals surface area (Å²) in [7, 11) is -2.72. The van der Waals surface area contributed by atoms with E-state index in [-0.39, 0.29) is 0 Å². The van der Waals surface area contributed by atoms with Crippen molar-refractivity contribution in [1.29, 1.82) is 0 Å². The number of para-hydroxylation sites is 6. The van der Waals surface area contributed by atoms with E-state index in [1.807, 2.05) is 48.7 Å². The molecule has 530 valence electrons. The van der Waals surface area contributed by atoms with Crippen molar-refractivity contribution in [3.63, 3.8) is 0 Å². The van der Waals surface area contributed by atoms with Crippen molar-refractivity contribution in [3.8, 4) is 79.3 Å². The van der Waals surface area contributed by atoms with Crippen molar-refractivity contribution in [3.05, 3.63) is 425 Å². The van der Waals surface area contributed by atoms with Crippen LogP contribution < -0.4 is 20.7 Å². The van der Waals surface area contributed by atoms with Crippen LogP contribution in [0.1, 0.15) is 0 Å². The van der Waals surface area contributed by atoms with Crippen LogP contribution in [0.15, 0.2) is 425 Å². The van der Waals surface area contributed by atoms with E-state index in [9.17, 15) is 0 Å². The van der Waals surface area contributed by atoms with Gasteiger partial charge < -0.3 is 13.7 Å². The van der Waals surface area contributed by atoms with E-state index in [4.69, 9.17) is 19.9 Å². The molecule has 0 unspecified atom stereocenters. The Morgan fingerprint density at radius 3 is 0.938 bits per heavy atom. The van der Waals surface area contributed by atoms with E-state index >= 15 is 0 Å². The van der Waals surface area contributed by atoms with E-state index in [2.05, 4.69) is 394 Å². The predicted octanol–water partition coefficient (Wildman–Crippen LogP) is 23.1. The SMILES string of the molecule is c1ccc(-c2cc(-c3ccccc3)nc(-c3ccc(-c4ccc(-n5c6ccccc6c6cc(-n7c8ccccc8c8ccccc87)ccc65)cc4)cc3)n2)cc1.c1ccc([Si](c2ccccc2)(c2ccccc2)c2cccc(-c3ccnc(-n4c5ccccc5c5cc(-n6c7ccccc7c7ccccc76)ccc54)n3)c2)cc1. The predicted molar refractivity (Wildman–Crippen MR) is 472 cm³/mol. The lowest BCUT2D eigenvalue weighted by molar-refractivity contribution is 0.992. The minimum atomic E-state index is -2.72. The van der Waals surface area contributed by atoms with Gasteiger partial charge in [-0.25, -0.2) is 19.9 Å². The Morgan fingerprint density at radius 1 is 0.186 bits per heavy atom. The Morgan fingerprint density at radius 2 is 0.504 bits per heavy atom. The molecule has 0 saturated carbocycles. The van der Waals surface area contributed by atoms with Crippen molar-refractivity contribution >= 4 is 116 Å². The van der Waals surface area contributed by atoms with E-state index in [1.165, 1.54) is 86.2 Å². The molecule has 0 aliphatic carbocycles. The average Bonchev–Trinajstić information content (AvgIpc) is 1.50. The van der Waals surface area contributed by atoms with Crippen LogP contribution in [0.25, 0.3) is 167 Å². The molecule has 6 heterocycles. The molecule has 8 nitrogen and oxygen atoms in total. The number of nitrogens with zero attached hydrogens (tertiary/aromatic N) is 8. The summed E-state index contributed by atoms with van der Waals surface area (Å²) in [4.78, 5) is 20.3. The van der Waals surface area contributed by atoms with Crippen LogP contribution in [0.4, 0.5) is 0 Å². The fourth-order valence-corrected chi connectivity index (χ4v) is 22.2. The normalized spacial score (nSPS) is 11.7. The molecule has 0 atom stereocenters. The third kappa shape index (κ3) is 11.4. The van der Waals surface area contributed by atoms with Crippen LogP contribution in [-0.2, 0) is 0 Å². The van der Waals surface area contributed by atoms with Gasteiger partial charge in [-0.05, 0) is 129 Å². The van der Waals surface area contributed by atoms with Crippen LogP contribution >= 0.6 is 0 Å². The van der Waals surface area contributed by atoms with E-state index in [0.717, 1.165) is 89.3 Å². The number of aromatic nitrogens is 8. The summed E-state index contributed by atoms with van der Waals surface area (Å²) in [5.74, 6) is 1.35. The van der Waals surface area contributed by atoms with Gasteiger partial charge in [0.1, 0.15) is 0 Å². The first-order valence-electron chi connectivity index (χ1n) is 38.4. The first-order chi connectivity index (χ1) is 56.1. The standard InChI is InChI=1S/C52H36N4Si.C52H34N4/c1-4-18-39(19-5-1)57(40-20-6-2-7-21-40,41-22-8-3-9-23-41)42-24-16-17-37(35-42)47-33-34-53-52(54-47)56-50-30-15-12-27-45(50)46-36-38(31-32-51(46)56)55-48-28-13-10-25-43(48)44-26-11-14-29-49(44)55;1-3-13-37(14-4-1)46-34-47(38-15-5-2-6-16-38)54-52(53-46)39-25-23-35(24-26-39)36-27-29-40(30-28-36)55-50-22-12-9-19-44(50)45-33-41(31-32-51(45)55)56-48-20-10-7-17-42(48)43-18-8-11-21-49(43)56/h1-36H;1-34H. The molecule has 6 aromatic heterocycles. The number of fused-ring (bicyclic) bond motifs is 12. The second kappa shape index (κ2) is 28.0. The molecule has 0 aliphatic heterocycles. The Kier molecular flexibility index (Phi) is 16.4. The van der Waals surface area contributed by atoms with Gasteiger partial charge in [0.25, 0.3) is 0 Å². The molecule has 0 spiro atoms. The lowest BCUT2D eigenvalue weighted by Crippen LogP contribution is -2.74. The minimum Gasteiger partial charge on any atom is -0.309 e. The third-order valence-electron chi connectivity index (χ3n) is 22.5. The zero-order chi connectivity index (χ0) is 74.8.